The minimum atomic E-state index is -0.917. The lowest BCUT2D eigenvalue weighted by molar-refractivity contribution is -0.142. The highest BCUT2D eigenvalue weighted by atomic mass is 32.1. The minimum absolute atomic E-state index is 0.139. The molecule has 1 aliphatic rings. The molecule has 0 spiro atoms. The molecule has 0 aromatic carbocycles. The van der Waals surface area contributed by atoms with Crippen LogP contribution in [0.2, 0.25) is 0 Å². The van der Waals surface area contributed by atoms with Crippen LogP contribution in [-0.4, -0.2) is 48.2 Å². The summed E-state index contributed by atoms with van der Waals surface area (Å²) < 4.78 is 7.39. The third-order valence-corrected chi connectivity index (χ3v) is 5.62. The molecule has 3 heterocycles. The summed E-state index contributed by atoms with van der Waals surface area (Å²) in [6, 6.07) is 3.45. The number of aliphatic carboxylic acids is 1. The molecule has 5 nitrogen and oxygen atoms in total. The number of thiophene rings is 2. The maximum absolute atomic E-state index is 12.5. The van der Waals surface area contributed by atoms with E-state index in [1.54, 1.807) is 18.4 Å². The summed E-state index contributed by atoms with van der Waals surface area (Å²) >= 11 is 3.04. The van der Waals surface area contributed by atoms with Crippen LogP contribution >= 0.6 is 22.7 Å². The predicted octanol–water partition coefficient (Wildman–Crippen LogP) is 2.13. The van der Waals surface area contributed by atoms with E-state index in [4.69, 9.17) is 9.84 Å². The Morgan fingerprint density at radius 1 is 1.40 bits per heavy atom. The van der Waals surface area contributed by atoms with Crippen LogP contribution < -0.4 is 0 Å². The standard InChI is InChI=1S/C13H13NO4S2/c1-14(8-6-18-5-7(8)13(16)17)12(15)11-4-10-9(20-11)2-3-19-10/h2-4,7-8H,5-6H2,1H3,(H,16,17). The summed E-state index contributed by atoms with van der Waals surface area (Å²) in [5.74, 6) is -1.70. The average molecular weight is 311 g/mol. The average Bonchev–Trinajstić information content (AvgIpc) is 3.10. The fourth-order valence-electron chi connectivity index (χ4n) is 2.36. The van der Waals surface area contributed by atoms with E-state index >= 15 is 0 Å². The fraction of sp³-hybridized carbons (Fsp3) is 0.385. The highest BCUT2D eigenvalue weighted by Crippen LogP contribution is 2.31. The first-order valence-corrected chi connectivity index (χ1v) is 7.82. The van der Waals surface area contributed by atoms with Gasteiger partial charge < -0.3 is 14.7 Å². The number of fused-ring (bicyclic) bond motifs is 1. The molecule has 1 amide bonds. The molecule has 1 saturated heterocycles. The molecule has 3 rings (SSSR count). The zero-order valence-corrected chi connectivity index (χ0v) is 12.4. The molecule has 1 N–H and O–H groups in total. The second-order valence-corrected chi connectivity index (χ2v) is 6.76. The van der Waals surface area contributed by atoms with Crippen molar-refractivity contribution in [2.75, 3.05) is 20.3 Å². The number of amides is 1. The molecule has 1 fully saturated rings. The van der Waals surface area contributed by atoms with E-state index in [2.05, 4.69) is 0 Å². The van der Waals surface area contributed by atoms with E-state index in [0.717, 1.165) is 9.40 Å². The Bertz CT molecular complexity index is 634. The summed E-state index contributed by atoms with van der Waals surface area (Å²) in [5.41, 5.74) is 0. The lowest BCUT2D eigenvalue weighted by atomic mass is 10.0. The Morgan fingerprint density at radius 3 is 2.90 bits per heavy atom. The largest absolute Gasteiger partial charge is 0.481 e. The highest BCUT2D eigenvalue weighted by Gasteiger charge is 2.38. The first kappa shape index (κ1) is 13.5. The minimum Gasteiger partial charge on any atom is -0.481 e. The van der Waals surface area contributed by atoms with Gasteiger partial charge in [-0.25, -0.2) is 0 Å². The summed E-state index contributed by atoms with van der Waals surface area (Å²) in [6.07, 6.45) is 0. The van der Waals surface area contributed by atoms with Gasteiger partial charge in [0.15, 0.2) is 0 Å². The molecule has 0 aliphatic carbocycles. The zero-order chi connectivity index (χ0) is 14.3. The molecule has 0 saturated carbocycles. The van der Waals surface area contributed by atoms with Gasteiger partial charge >= 0.3 is 5.97 Å². The molecule has 20 heavy (non-hydrogen) atoms. The molecule has 2 unspecified atom stereocenters. The van der Waals surface area contributed by atoms with E-state index in [1.165, 1.54) is 16.2 Å². The molecule has 7 heteroatoms. The first-order chi connectivity index (χ1) is 9.58. The van der Waals surface area contributed by atoms with E-state index < -0.39 is 17.9 Å². The van der Waals surface area contributed by atoms with Crippen molar-refractivity contribution in [1.29, 1.82) is 0 Å². The van der Waals surface area contributed by atoms with Crippen LogP contribution in [-0.2, 0) is 9.53 Å². The van der Waals surface area contributed by atoms with E-state index in [-0.39, 0.29) is 19.1 Å². The summed E-state index contributed by atoms with van der Waals surface area (Å²) in [7, 11) is 1.64. The van der Waals surface area contributed by atoms with Gasteiger partial charge in [-0.3, -0.25) is 9.59 Å². The van der Waals surface area contributed by atoms with Crippen LogP contribution in [0.25, 0.3) is 9.40 Å². The van der Waals surface area contributed by atoms with Gasteiger partial charge in [-0.15, -0.1) is 22.7 Å². The van der Waals surface area contributed by atoms with Crippen molar-refractivity contribution < 1.29 is 19.4 Å². The topological polar surface area (TPSA) is 66.8 Å². The van der Waals surface area contributed by atoms with Crippen LogP contribution in [0, 0.1) is 5.92 Å². The second-order valence-electron chi connectivity index (χ2n) is 4.73. The van der Waals surface area contributed by atoms with Crippen molar-refractivity contribution >= 4 is 43.9 Å². The number of hydrogen-bond donors (Lipinski definition) is 1. The Kier molecular flexibility index (Phi) is 3.49. The van der Waals surface area contributed by atoms with Crippen LogP contribution in [0.5, 0.6) is 0 Å². The number of carboxylic acid groups (broad SMARTS) is 1. The number of nitrogens with zero attached hydrogens (tertiary/aromatic N) is 1. The Morgan fingerprint density at radius 2 is 2.20 bits per heavy atom. The van der Waals surface area contributed by atoms with Gasteiger partial charge in [0.2, 0.25) is 0 Å². The van der Waals surface area contributed by atoms with E-state index in [1.807, 2.05) is 17.5 Å². The van der Waals surface area contributed by atoms with Crippen LogP contribution in [0.15, 0.2) is 17.5 Å². The van der Waals surface area contributed by atoms with Crippen molar-refractivity contribution in [3.05, 3.63) is 22.4 Å². The highest BCUT2D eigenvalue weighted by molar-refractivity contribution is 7.27. The van der Waals surface area contributed by atoms with E-state index in [9.17, 15) is 9.59 Å². The molecular formula is C13H13NO4S2. The van der Waals surface area contributed by atoms with Gasteiger partial charge in [0.1, 0.15) is 5.92 Å². The fourth-order valence-corrected chi connectivity index (χ4v) is 4.45. The Labute approximate surface area is 123 Å². The zero-order valence-electron chi connectivity index (χ0n) is 10.7. The number of rotatable bonds is 3. The number of carbonyl (C=O) groups excluding carboxylic acids is 1. The van der Waals surface area contributed by atoms with Gasteiger partial charge in [-0.05, 0) is 17.5 Å². The molecule has 0 radical (unpaired) electrons. The molecule has 106 valence electrons. The molecule has 2 aromatic rings. The summed E-state index contributed by atoms with van der Waals surface area (Å²) in [4.78, 5) is 25.8. The van der Waals surface area contributed by atoms with Crippen molar-refractivity contribution in [2.45, 2.75) is 6.04 Å². The SMILES string of the molecule is CN(C(=O)c1cc2sccc2s1)C1COCC1C(=O)O. The first-order valence-electron chi connectivity index (χ1n) is 6.12. The van der Waals surface area contributed by atoms with Gasteiger partial charge in [-0.2, -0.15) is 0 Å². The van der Waals surface area contributed by atoms with Crippen LogP contribution in [0.3, 0.4) is 0 Å². The van der Waals surface area contributed by atoms with Crippen LogP contribution in [0.4, 0.5) is 0 Å². The molecule has 2 atom stereocenters. The third kappa shape index (κ3) is 2.21. The van der Waals surface area contributed by atoms with Gasteiger partial charge in [0.25, 0.3) is 5.91 Å². The quantitative estimate of drug-likeness (QED) is 0.943. The Hall–Kier alpha value is -1.44. The maximum Gasteiger partial charge on any atom is 0.311 e. The summed E-state index contributed by atoms with van der Waals surface area (Å²) in [5, 5.41) is 11.1. The summed E-state index contributed by atoms with van der Waals surface area (Å²) in [6.45, 7) is 0.441. The molecule has 2 aromatic heterocycles. The lowest BCUT2D eigenvalue weighted by Crippen LogP contribution is -2.43. The molecular weight excluding hydrogens is 298 g/mol. The van der Waals surface area contributed by atoms with E-state index in [0.29, 0.717) is 4.88 Å². The number of carbonyl (C=O) groups is 2. The molecule has 1 aliphatic heterocycles. The number of likely N-dealkylation sites (N-methyl/N-ethyl adjacent to an activating group) is 1. The normalized spacial score (nSPS) is 22.2. The second kappa shape index (κ2) is 5.16. The van der Waals surface area contributed by atoms with Crippen molar-refractivity contribution in [3.8, 4) is 0 Å². The van der Waals surface area contributed by atoms with Gasteiger partial charge in [-0.1, -0.05) is 0 Å². The lowest BCUT2D eigenvalue weighted by Gasteiger charge is -2.25. The van der Waals surface area contributed by atoms with Crippen LogP contribution in [0.1, 0.15) is 9.67 Å². The smallest absolute Gasteiger partial charge is 0.311 e. The monoisotopic (exact) mass is 311 g/mol. The van der Waals surface area contributed by atoms with Crippen molar-refractivity contribution in [1.82, 2.24) is 4.90 Å². The predicted molar refractivity (Wildman–Crippen MR) is 77.5 cm³/mol. The van der Waals surface area contributed by atoms with Gasteiger partial charge in [0, 0.05) is 16.4 Å². The molecule has 0 bridgehead atoms. The Balaban J connectivity index is 1.82. The van der Waals surface area contributed by atoms with Crippen molar-refractivity contribution in [3.63, 3.8) is 0 Å². The van der Waals surface area contributed by atoms with Crippen molar-refractivity contribution in [2.24, 2.45) is 5.92 Å². The number of hydrogen-bond acceptors (Lipinski definition) is 5. The number of ether oxygens (including phenoxy) is 1. The third-order valence-electron chi connectivity index (χ3n) is 3.54. The maximum atomic E-state index is 12.5. The number of carboxylic acids is 1. The van der Waals surface area contributed by atoms with Gasteiger partial charge in [0.05, 0.1) is 24.1 Å².